The molecule has 9 heteroatoms. The first-order valence-corrected chi connectivity index (χ1v) is 9.39. The van der Waals surface area contributed by atoms with Gasteiger partial charge in [-0.3, -0.25) is 20.4 Å². The fourth-order valence-corrected chi connectivity index (χ4v) is 3.20. The maximum Gasteiger partial charge on any atom is 0.269 e. The first-order chi connectivity index (χ1) is 14.5. The number of para-hydroxylation sites is 1. The molecule has 2 N–H and O–H groups in total. The molecule has 1 aliphatic heterocycles. The van der Waals surface area contributed by atoms with Gasteiger partial charge in [-0.2, -0.15) is 5.10 Å². The van der Waals surface area contributed by atoms with Crippen LogP contribution in [0.5, 0.6) is 11.5 Å². The van der Waals surface area contributed by atoms with Crippen molar-refractivity contribution in [2.24, 2.45) is 0 Å². The van der Waals surface area contributed by atoms with Crippen molar-refractivity contribution in [2.45, 2.75) is 6.92 Å². The number of aryl methyl sites for hydroxylation is 1. The van der Waals surface area contributed by atoms with Crippen molar-refractivity contribution >= 4 is 29.5 Å². The van der Waals surface area contributed by atoms with Crippen molar-refractivity contribution in [3.05, 3.63) is 76.6 Å². The molecule has 152 valence electrons. The number of rotatable bonds is 4. The standard InChI is InChI=1S/C21H17ClN4O4/c1-13-16(20(22)26(25-13)15-5-3-2-4-6-15)8-10-19(27)23-24-21(28)14-7-9-17-18(11-14)30-12-29-17/h2-11H,12H2,1H3,(H,23,27)(H,24,28)/b10-8+. The van der Waals surface area contributed by atoms with E-state index in [2.05, 4.69) is 16.0 Å². The van der Waals surface area contributed by atoms with Gasteiger partial charge in [-0.25, -0.2) is 4.68 Å². The van der Waals surface area contributed by atoms with Crippen LogP contribution in [-0.4, -0.2) is 28.4 Å². The molecule has 1 aromatic heterocycles. The molecule has 2 heterocycles. The van der Waals surface area contributed by atoms with Gasteiger partial charge in [0.25, 0.3) is 11.8 Å². The second-order valence-corrected chi connectivity index (χ2v) is 6.74. The number of hydrogen-bond donors (Lipinski definition) is 2. The number of aromatic nitrogens is 2. The van der Waals surface area contributed by atoms with Crippen LogP contribution in [0.2, 0.25) is 5.15 Å². The summed E-state index contributed by atoms with van der Waals surface area (Å²) in [4.78, 5) is 24.3. The van der Waals surface area contributed by atoms with Crippen molar-refractivity contribution in [1.82, 2.24) is 20.6 Å². The first kappa shape index (κ1) is 19.5. The summed E-state index contributed by atoms with van der Waals surface area (Å²) in [7, 11) is 0. The third kappa shape index (κ3) is 3.99. The van der Waals surface area contributed by atoms with Crippen LogP contribution < -0.4 is 20.3 Å². The second kappa shape index (κ2) is 8.30. The Labute approximate surface area is 177 Å². The summed E-state index contributed by atoms with van der Waals surface area (Å²) in [5.74, 6) is 0.0458. The Morgan fingerprint density at radius 3 is 2.67 bits per heavy atom. The minimum Gasteiger partial charge on any atom is -0.454 e. The van der Waals surface area contributed by atoms with Crippen LogP contribution in [0, 0.1) is 6.92 Å². The summed E-state index contributed by atoms with van der Waals surface area (Å²) in [6.45, 7) is 1.91. The molecule has 8 nitrogen and oxygen atoms in total. The Morgan fingerprint density at radius 1 is 1.10 bits per heavy atom. The molecular formula is C21H17ClN4O4. The van der Waals surface area contributed by atoms with Gasteiger partial charge in [0.15, 0.2) is 11.5 Å². The van der Waals surface area contributed by atoms with Gasteiger partial charge in [0.1, 0.15) is 5.15 Å². The van der Waals surface area contributed by atoms with E-state index in [1.165, 1.54) is 6.08 Å². The minimum absolute atomic E-state index is 0.116. The zero-order valence-electron chi connectivity index (χ0n) is 15.9. The highest BCUT2D eigenvalue weighted by Crippen LogP contribution is 2.32. The predicted molar refractivity (Wildman–Crippen MR) is 111 cm³/mol. The Bertz CT molecular complexity index is 1140. The van der Waals surface area contributed by atoms with E-state index in [0.29, 0.717) is 33.5 Å². The number of ether oxygens (including phenoxy) is 2. The molecular weight excluding hydrogens is 408 g/mol. The maximum absolute atomic E-state index is 12.2. The molecule has 1 aliphatic rings. The second-order valence-electron chi connectivity index (χ2n) is 6.38. The van der Waals surface area contributed by atoms with E-state index in [4.69, 9.17) is 21.1 Å². The van der Waals surface area contributed by atoms with Crippen LogP contribution in [0.4, 0.5) is 0 Å². The number of carbonyl (C=O) groups is 2. The van der Waals surface area contributed by atoms with Crippen LogP contribution in [-0.2, 0) is 4.79 Å². The van der Waals surface area contributed by atoms with E-state index in [1.54, 1.807) is 35.9 Å². The number of halogens is 1. The molecule has 2 amide bonds. The molecule has 0 atom stereocenters. The summed E-state index contributed by atoms with van der Waals surface area (Å²) < 4.78 is 12.0. The fraction of sp³-hybridized carbons (Fsp3) is 0.0952. The number of hydrogen-bond acceptors (Lipinski definition) is 5. The van der Waals surface area contributed by atoms with Gasteiger partial charge in [-0.05, 0) is 43.3 Å². The number of nitrogens with one attached hydrogen (secondary N) is 2. The summed E-state index contributed by atoms with van der Waals surface area (Å²) in [6, 6.07) is 14.2. The monoisotopic (exact) mass is 424 g/mol. The normalized spacial score (nSPS) is 12.2. The van der Waals surface area contributed by atoms with Crippen LogP contribution >= 0.6 is 11.6 Å². The predicted octanol–water partition coefficient (Wildman–Crippen LogP) is 3.04. The van der Waals surface area contributed by atoms with Crippen LogP contribution in [0.25, 0.3) is 11.8 Å². The number of fused-ring (bicyclic) bond motifs is 1. The average molecular weight is 425 g/mol. The zero-order valence-corrected chi connectivity index (χ0v) is 16.6. The highest BCUT2D eigenvalue weighted by atomic mass is 35.5. The number of hydrazine groups is 1. The van der Waals surface area contributed by atoms with E-state index in [9.17, 15) is 9.59 Å². The number of nitrogens with zero attached hydrogens (tertiary/aromatic N) is 2. The molecule has 0 bridgehead atoms. The number of amides is 2. The van der Waals surface area contributed by atoms with Gasteiger partial charge in [-0.1, -0.05) is 29.8 Å². The lowest BCUT2D eigenvalue weighted by Crippen LogP contribution is -2.40. The Hall–Kier alpha value is -3.78. The Balaban J connectivity index is 1.40. The van der Waals surface area contributed by atoms with E-state index in [1.807, 2.05) is 30.3 Å². The molecule has 0 radical (unpaired) electrons. The highest BCUT2D eigenvalue weighted by molar-refractivity contribution is 6.31. The molecule has 0 fully saturated rings. The van der Waals surface area contributed by atoms with Gasteiger partial charge >= 0.3 is 0 Å². The molecule has 4 rings (SSSR count). The average Bonchev–Trinajstić information content (AvgIpc) is 3.34. The summed E-state index contributed by atoms with van der Waals surface area (Å²) in [5.41, 5.74) is 7.08. The van der Waals surface area contributed by atoms with E-state index in [-0.39, 0.29) is 6.79 Å². The quantitative estimate of drug-likeness (QED) is 0.496. The smallest absolute Gasteiger partial charge is 0.269 e. The van der Waals surface area contributed by atoms with E-state index in [0.717, 1.165) is 5.69 Å². The lowest BCUT2D eigenvalue weighted by atomic mass is 10.2. The van der Waals surface area contributed by atoms with E-state index < -0.39 is 11.8 Å². The van der Waals surface area contributed by atoms with Crippen LogP contribution in [0.15, 0.2) is 54.6 Å². The molecule has 30 heavy (non-hydrogen) atoms. The summed E-state index contributed by atoms with van der Waals surface area (Å²) in [6.07, 6.45) is 2.82. The Kier molecular flexibility index (Phi) is 5.40. The van der Waals surface area contributed by atoms with Crippen LogP contribution in [0.3, 0.4) is 0 Å². The van der Waals surface area contributed by atoms with Crippen molar-refractivity contribution in [1.29, 1.82) is 0 Å². The molecule has 2 aromatic carbocycles. The Morgan fingerprint density at radius 2 is 1.87 bits per heavy atom. The number of benzene rings is 2. The molecule has 3 aromatic rings. The SMILES string of the molecule is Cc1nn(-c2ccccc2)c(Cl)c1/C=C/C(=O)NNC(=O)c1ccc2c(c1)OCO2. The molecule has 0 spiro atoms. The topological polar surface area (TPSA) is 94.5 Å². The van der Waals surface area contributed by atoms with Gasteiger partial charge in [0.05, 0.1) is 11.4 Å². The lowest BCUT2D eigenvalue weighted by molar-refractivity contribution is -0.117. The molecule has 0 unspecified atom stereocenters. The van der Waals surface area contributed by atoms with Gasteiger partial charge in [0, 0.05) is 17.2 Å². The molecule has 0 saturated carbocycles. The van der Waals surface area contributed by atoms with E-state index >= 15 is 0 Å². The maximum atomic E-state index is 12.2. The van der Waals surface area contributed by atoms with Crippen molar-refractivity contribution in [2.75, 3.05) is 6.79 Å². The van der Waals surface area contributed by atoms with Gasteiger partial charge in [-0.15, -0.1) is 0 Å². The van der Waals surface area contributed by atoms with Crippen molar-refractivity contribution < 1.29 is 19.1 Å². The van der Waals surface area contributed by atoms with Gasteiger partial charge < -0.3 is 9.47 Å². The first-order valence-electron chi connectivity index (χ1n) is 9.01. The zero-order chi connectivity index (χ0) is 21.1. The number of carbonyl (C=O) groups excluding carboxylic acids is 2. The minimum atomic E-state index is -0.521. The van der Waals surface area contributed by atoms with Gasteiger partial charge in [0.2, 0.25) is 6.79 Å². The molecule has 0 saturated heterocycles. The summed E-state index contributed by atoms with van der Waals surface area (Å²) >= 11 is 6.43. The van der Waals surface area contributed by atoms with Crippen LogP contribution in [0.1, 0.15) is 21.6 Å². The fourth-order valence-electron chi connectivity index (χ4n) is 2.87. The third-order valence-electron chi connectivity index (χ3n) is 4.38. The summed E-state index contributed by atoms with van der Waals surface area (Å²) in [5, 5.41) is 4.79. The lowest BCUT2D eigenvalue weighted by Gasteiger charge is -2.06. The third-order valence-corrected chi connectivity index (χ3v) is 4.75. The molecule has 0 aliphatic carbocycles. The van der Waals surface area contributed by atoms with Crippen molar-refractivity contribution in [3.8, 4) is 17.2 Å². The van der Waals surface area contributed by atoms with Crippen molar-refractivity contribution in [3.63, 3.8) is 0 Å². The highest BCUT2D eigenvalue weighted by Gasteiger charge is 2.16. The largest absolute Gasteiger partial charge is 0.454 e.